The third-order valence-corrected chi connectivity index (χ3v) is 13.1. The monoisotopic (exact) mass is 471 g/mol. The molecule has 2 aromatic carbocycles. The van der Waals surface area contributed by atoms with Crippen LogP contribution in [0.3, 0.4) is 0 Å². The summed E-state index contributed by atoms with van der Waals surface area (Å²) in [4.78, 5) is 25.7. The van der Waals surface area contributed by atoms with Gasteiger partial charge < -0.3 is 0 Å². The number of carbonyl (C=O) groups excluding carboxylic acids is 2. The van der Waals surface area contributed by atoms with Crippen LogP contribution in [0.4, 0.5) is 0 Å². The van der Waals surface area contributed by atoms with Crippen molar-refractivity contribution in [3.05, 3.63) is 47.0 Å². The van der Waals surface area contributed by atoms with Gasteiger partial charge in [-0.15, -0.1) is 14.9 Å². The number of amides is 2. The van der Waals surface area contributed by atoms with E-state index in [9.17, 15) is 18.0 Å². The van der Waals surface area contributed by atoms with Gasteiger partial charge in [-0.2, -0.15) is 8.42 Å². The van der Waals surface area contributed by atoms with E-state index in [1.807, 2.05) is 6.07 Å². The van der Waals surface area contributed by atoms with E-state index in [1.54, 1.807) is 24.3 Å². The number of rotatable bonds is 5. The molecule has 0 N–H and O–H groups in total. The van der Waals surface area contributed by atoms with Crippen molar-refractivity contribution in [1.82, 2.24) is 5.06 Å². The Morgan fingerprint density at radius 1 is 0.875 bits per heavy atom. The van der Waals surface area contributed by atoms with E-state index < -0.39 is 30.0 Å². The Labute approximate surface area is 191 Å². The van der Waals surface area contributed by atoms with Gasteiger partial charge in [0.05, 0.1) is 17.4 Å². The van der Waals surface area contributed by atoms with Crippen LogP contribution in [-0.2, 0) is 14.4 Å². The molecule has 0 spiro atoms. The first-order valence-electron chi connectivity index (χ1n) is 10.7. The fraction of sp³-hybridized carbons (Fsp3) is 0.417. The van der Waals surface area contributed by atoms with E-state index in [-0.39, 0.29) is 11.1 Å². The van der Waals surface area contributed by atoms with Crippen LogP contribution in [0.5, 0.6) is 0 Å². The predicted molar refractivity (Wildman–Crippen MR) is 128 cm³/mol. The first-order chi connectivity index (χ1) is 14.8. The van der Waals surface area contributed by atoms with Gasteiger partial charge in [0.15, 0.2) is 0 Å². The van der Waals surface area contributed by atoms with Crippen molar-refractivity contribution in [2.75, 3.05) is 6.26 Å². The molecule has 0 saturated heterocycles. The minimum Gasteiger partial charge on any atom is -0.266 e. The van der Waals surface area contributed by atoms with Gasteiger partial charge in [0.1, 0.15) is 8.07 Å². The quantitative estimate of drug-likeness (QED) is 0.352. The molecule has 170 valence electrons. The molecule has 2 amide bonds. The van der Waals surface area contributed by atoms with Gasteiger partial charge in [-0.1, -0.05) is 59.6 Å². The van der Waals surface area contributed by atoms with Crippen LogP contribution in [0, 0.1) is 11.5 Å². The molecule has 0 aromatic heterocycles. The highest BCUT2D eigenvalue weighted by molar-refractivity contribution is 7.85. The zero-order valence-electron chi connectivity index (χ0n) is 19.5. The van der Waals surface area contributed by atoms with E-state index in [0.29, 0.717) is 32.5 Å². The van der Waals surface area contributed by atoms with Crippen LogP contribution in [0.25, 0.3) is 10.8 Å². The predicted octanol–water partition coefficient (Wildman–Crippen LogP) is 4.90. The Bertz CT molecular complexity index is 1220. The van der Waals surface area contributed by atoms with Crippen molar-refractivity contribution < 1.29 is 22.3 Å². The second kappa shape index (κ2) is 8.47. The normalized spacial score (nSPS) is 14.5. The highest BCUT2D eigenvalue weighted by Crippen LogP contribution is 2.41. The molecular weight excluding hydrogens is 442 g/mol. The second-order valence-electron chi connectivity index (χ2n) is 9.22. The lowest BCUT2D eigenvalue weighted by Crippen LogP contribution is -2.43. The zero-order chi connectivity index (χ0) is 24.0. The molecule has 0 saturated carbocycles. The maximum Gasteiger partial charge on any atom is 0.286 e. The molecule has 3 rings (SSSR count). The fourth-order valence-corrected chi connectivity index (χ4v) is 10.6. The Kier molecular flexibility index (Phi) is 6.40. The number of benzene rings is 2. The Morgan fingerprint density at radius 2 is 1.41 bits per heavy atom. The minimum absolute atomic E-state index is 0.212. The molecule has 8 heteroatoms. The summed E-state index contributed by atoms with van der Waals surface area (Å²) in [5.41, 5.74) is 6.28. The maximum atomic E-state index is 12.9. The SMILES string of the molecule is CC(C)[Si](C#Cc1ccc2c3c(cccc13)C(=O)N(OS(C)(=O)=O)C2=O)(C(C)C)C(C)C. The summed E-state index contributed by atoms with van der Waals surface area (Å²) in [5, 5.41) is 1.49. The van der Waals surface area contributed by atoms with Crippen LogP contribution in [-0.4, -0.2) is 39.6 Å². The summed E-state index contributed by atoms with van der Waals surface area (Å²) >= 11 is 0. The van der Waals surface area contributed by atoms with E-state index in [1.165, 1.54) is 0 Å². The van der Waals surface area contributed by atoms with E-state index in [2.05, 4.69) is 57.3 Å². The average Bonchev–Trinajstić information content (AvgIpc) is 2.68. The zero-order valence-corrected chi connectivity index (χ0v) is 21.3. The number of hydrogen-bond donors (Lipinski definition) is 0. The van der Waals surface area contributed by atoms with Crippen LogP contribution in [0.2, 0.25) is 16.6 Å². The maximum absolute atomic E-state index is 12.9. The molecule has 2 aromatic rings. The van der Waals surface area contributed by atoms with E-state index in [4.69, 9.17) is 0 Å². The van der Waals surface area contributed by atoms with Gasteiger partial charge in [0, 0.05) is 10.9 Å². The molecule has 0 unspecified atom stereocenters. The number of carbonyl (C=O) groups is 2. The average molecular weight is 472 g/mol. The molecule has 0 bridgehead atoms. The summed E-state index contributed by atoms with van der Waals surface area (Å²) in [6.07, 6.45) is 0.788. The lowest BCUT2D eigenvalue weighted by Gasteiger charge is -2.38. The van der Waals surface area contributed by atoms with Gasteiger partial charge in [-0.3, -0.25) is 9.59 Å². The Morgan fingerprint density at radius 3 is 1.91 bits per heavy atom. The van der Waals surface area contributed by atoms with Crippen molar-refractivity contribution >= 4 is 40.8 Å². The number of hydrogen-bond acceptors (Lipinski definition) is 5. The Balaban J connectivity index is 2.22. The third-order valence-electron chi connectivity index (χ3n) is 6.36. The van der Waals surface area contributed by atoms with Crippen molar-refractivity contribution in [3.63, 3.8) is 0 Å². The van der Waals surface area contributed by atoms with Crippen LogP contribution >= 0.6 is 0 Å². The van der Waals surface area contributed by atoms with Gasteiger partial charge in [-0.25, -0.2) is 0 Å². The largest absolute Gasteiger partial charge is 0.286 e. The summed E-state index contributed by atoms with van der Waals surface area (Å²) in [7, 11) is -6.03. The van der Waals surface area contributed by atoms with Gasteiger partial charge in [0.2, 0.25) is 0 Å². The van der Waals surface area contributed by atoms with Gasteiger partial charge >= 0.3 is 0 Å². The highest BCUT2D eigenvalue weighted by atomic mass is 32.2. The topological polar surface area (TPSA) is 80.8 Å². The Hall–Kier alpha value is -2.47. The summed E-state index contributed by atoms with van der Waals surface area (Å²) in [6.45, 7) is 13.5. The second-order valence-corrected chi connectivity index (χ2v) is 16.4. The molecule has 0 radical (unpaired) electrons. The lowest BCUT2D eigenvalue weighted by atomic mass is 9.92. The number of imide groups is 1. The summed E-state index contributed by atoms with van der Waals surface area (Å²) in [6, 6.07) is 8.46. The molecule has 6 nitrogen and oxygen atoms in total. The van der Waals surface area contributed by atoms with Crippen molar-refractivity contribution in [2.45, 2.75) is 58.2 Å². The standard InChI is InChI=1S/C24H29NO5SSi/c1-15(2)32(16(3)4,17(5)6)14-13-18-11-12-21-22-19(18)9-8-10-20(22)23(26)25(24(21)27)30-31(7,28)29/h8-12,15-17H,1-7H3. The van der Waals surface area contributed by atoms with Crippen molar-refractivity contribution in [3.8, 4) is 11.5 Å². The molecule has 0 atom stereocenters. The van der Waals surface area contributed by atoms with Crippen molar-refractivity contribution in [2.24, 2.45) is 0 Å². The molecule has 1 aliphatic heterocycles. The lowest BCUT2D eigenvalue weighted by molar-refractivity contribution is -0.0149. The molecule has 0 aliphatic carbocycles. The fourth-order valence-electron chi connectivity index (χ4n) is 4.99. The molecule has 1 aliphatic rings. The molecule has 0 fully saturated rings. The van der Waals surface area contributed by atoms with Crippen LogP contribution in [0.1, 0.15) is 67.8 Å². The van der Waals surface area contributed by atoms with Crippen molar-refractivity contribution in [1.29, 1.82) is 0 Å². The van der Waals surface area contributed by atoms with Gasteiger partial charge in [0.25, 0.3) is 21.9 Å². The summed E-state index contributed by atoms with van der Waals surface area (Å²) in [5.74, 6) is 1.79. The van der Waals surface area contributed by atoms with Crippen LogP contribution < -0.4 is 0 Å². The highest BCUT2D eigenvalue weighted by Gasteiger charge is 2.42. The molecular formula is C24H29NO5SSi. The smallest absolute Gasteiger partial charge is 0.266 e. The van der Waals surface area contributed by atoms with Crippen LogP contribution in [0.15, 0.2) is 30.3 Å². The minimum atomic E-state index is -4.05. The first-order valence-corrected chi connectivity index (χ1v) is 14.7. The van der Waals surface area contributed by atoms with Gasteiger partial charge in [-0.05, 0) is 40.2 Å². The summed E-state index contributed by atoms with van der Waals surface area (Å²) < 4.78 is 27.8. The van der Waals surface area contributed by atoms with E-state index in [0.717, 1.165) is 11.8 Å². The van der Waals surface area contributed by atoms with E-state index >= 15 is 0 Å². The number of nitrogens with zero attached hydrogens (tertiary/aromatic N) is 1. The molecule has 1 heterocycles. The first kappa shape index (κ1) is 24.2. The third kappa shape index (κ3) is 4.01. The molecule has 32 heavy (non-hydrogen) atoms. The number of hydroxylamine groups is 2.